The fraction of sp³-hybridized carbons (Fsp3) is 0.0625. The molecular formula is C16H11Cl2NO. The number of nitrogens with zero attached hydrogens (tertiary/aromatic N) is 1. The fourth-order valence-electron chi connectivity index (χ4n) is 2.34. The number of fused-ring (bicyclic) bond motifs is 1. The number of halogens is 2. The predicted octanol–water partition coefficient (Wildman–Crippen LogP) is 4.81. The van der Waals surface area contributed by atoms with Crippen LogP contribution in [0.2, 0.25) is 10.2 Å². The molecule has 1 aromatic heterocycles. The molecule has 2 nitrogen and oxygen atoms in total. The Bertz CT molecular complexity index is 775. The predicted molar refractivity (Wildman–Crippen MR) is 82.9 cm³/mol. The molecule has 0 fully saturated rings. The third-order valence-electron chi connectivity index (χ3n) is 3.32. The summed E-state index contributed by atoms with van der Waals surface area (Å²) < 4.78 is 1.93. The van der Waals surface area contributed by atoms with E-state index in [0.29, 0.717) is 22.3 Å². The number of aldehydes is 1. The first kappa shape index (κ1) is 13.2. The maximum absolute atomic E-state index is 11.2. The summed E-state index contributed by atoms with van der Waals surface area (Å²) in [7, 11) is 0. The maximum Gasteiger partial charge on any atom is 0.153 e. The summed E-state index contributed by atoms with van der Waals surface area (Å²) in [6, 6.07) is 15.3. The van der Waals surface area contributed by atoms with Gasteiger partial charge in [-0.05, 0) is 23.8 Å². The lowest BCUT2D eigenvalue weighted by Crippen LogP contribution is -1.99. The summed E-state index contributed by atoms with van der Waals surface area (Å²) >= 11 is 12.2. The first-order valence-electron chi connectivity index (χ1n) is 6.17. The Morgan fingerprint density at radius 3 is 2.40 bits per heavy atom. The molecule has 100 valence electrons. The summed E-state index contributed by atoms with van der Waals surface area (Å²) in [6.07, 6.45) is 0.809. The van der Waals surface area contributed by atoms with E-state index in [2.05, 4.69) is 0 Å². The van der Waals surface area contributed by atoms with Crippen molar-refractivity contribution in [3.05, 3.63) is 69.8 Å². The van der Waals surface area contributed by atoms with Crippen LogP contribution < -0.4 is 0 Å². The largest absolute Gasteiger partial charge is 0.327 e. The second-order valence-electron chi connectivity index (χ2n) is 4.55. The van der Waals surface area contributed by atoms with Gasteiger partial charge in [-0.2, -0.15) is 0 Å². The molecule has 0 aliphatic rings. The topological polar surface area (TPSA) is 22.0 Å². The molecule has 2 aromatic carbocycles. The van der Waals surface area contributed by atoms with Crippen LogP contribution in [0, 0.1) is 0 Å². The minimum absolute atomic E-state index is 0.469. The molecule has 4 heteroatoms. The fourth-order valence-corrected chi connectivity index (χ4v) is 2.76. The Morgan fingerprint density at radius 1 is 1.00 bits per heavy atom. The number of hydrogen-bond acceptors (Lipinski definition) is 1. The average molecular weight is 304 g/mol. The smallest absolute Gasteiger partial charge is 0.153 e. The highest BCUT2D eigenvalue weighted by Crippen LogP contribution is 2.29. The highest BCUT2D eigenvalue weighted by molar-refractivity contribution is 6.34. The Hall–Kier alpha value is -1.77. The minimum Gasteiger partial charge on any atom is -0.327 e. The van der Waals surface area contributed by atoms with Gasteiger partial charge in [-0.3, -0.25) is 4.79 Å². The molecule has 3 aromatic rings. The third kappa shape index (κ3) is 2.21. The van der Waals surface area contributed by atoms with Gasteiger partial charge in [0.05, 0.1) is 11.1 Å². The van der Waals surface area contributed by atoms with E-state index in [1.165, 1.54) is 0 Å². The third-order valence-corrected chi connectivity index (χ3v) is 3.98. The van der Waals surface area contributed by atoms with Crippen molar-refractivity contribution in [1.82, 2.24) is 4.57 Å². The van der Waals surface area contributed by atoms with E-state index >= 15 is 0 Å². The molecular weight excluding hydrogens is 293 g/mol. The molecule has 0 unspecified atom stereocenters. The Balaban J connectivity index is 2.13. The second-order valence-corrected chi connectivity index (χ2v) is 5.35. The van der Waals surface area contributed by atoms with Gasteiger partial charge < -0.3 is 4.57 Å². The van der Waals surface area contributed by atoms with E-state index in [0.717, 1.165) is 22.8 Å². The van der Waals surface area contributed by atoms with E-state index in [9.17, 15) is 4.79 Å². The van der Waals surface area contributed by atoms with Gasteiger partial charge in [-0.1, -0.05) is 53.5 Å². The van der Waals surface area contributed by atoms with Gasteiger partial charge in [0.25, 0.3) is 0 Å². The molecule has 0 spiro atoms. The molecule has 0 bridgehead atoms. The molecule has 0 radical (unpaired) electrons. The van der Waals surface area contributed by atoms with Crippen LogP contribution >= 0.6 is 23.2 Å². The van der Waals surface area contributed by atoms with Crippen molar-refractivity contribution in [3.8, 4) is 0 Å². The van der Waals surface area contributed by atoms with Crippen LogP contribution in [0.3, 0.4) is 0 Å². The van der Waals surface area contributed by atoms with Crippen LogP contribution in [-0.2, 0) is 6.54 Å². The maximum atomic E-state index is 11.2. The molecule has 0 amide bonds. The molecule has 3 rings (SSSR count). The standard InChI is InChI=1S/C16H11Cl2NO/c17-12-7-5-11(6-8-12)9-19-15-4-2-1-3-13(15)14(10-20)16(19)18/h1-8,10H,9H2. The van der Waals surface area contributed by atoms with Crippen LogP contribution in [0.25, 0.3) is 10.9 Å². The van der Waals surface area contributed by atoms with Crippen molar-refractivity contribution in [2.24, 2.45) is 0 Å². The zero-order valence-electron chi connectivity index (χ0n) is 10.5. The molecule has 20 heavy (non-hydrogen) atoms. The number of para-hydroxylation sites is 1. The van der Waals surface area contributed by atoms with Gasteiger partial charge in [-0.25, -0.2) is 0 Å². The zero-order chi connectivity index (χ0) is 14.1. The number of carbonyl (C=O) groups excluding carboxylic acids is 1. The lowest BCUT2D eigenvalue weighted by atomic mass is 10.2. The van der Waals surface area contributed by atoms with Gasteiger partial charge in [0.15, 0.2) is 6.29 Å². The van der Waals surface area contributed by atoms with Crippen molar-refractivity contribution < 1.29 is 4.79 Å². The molecule has 0 aliphatic carbocycles. The normalized spacial score (nSPS) is 10.9. The van der Waals surface area contributed by atoms with E-state index < -0.39 is 0 Å². The average Bonchev–Trinajstić information content (AvgIpc) is 2.74. The minimum atomic E-state index is 0.469. The van der Waals surface area contributed by atoms with Gasteiger partial charge >= 0.3 is 0 Å². The van der Waals surface area contributed by atoms with Crippen LogP contribution in [-0.4, -0.2) is 10.9 Å². The van der Waals surface area contributed by atoms with Crippen LogP contribution in [0.4, 0.5) is 0 Å². The number of hydrogen-bond donors (Lipinski definition) is 0. The highest BCUT2D eigenvalue weighted by Gasteiger charge is 2.14. The van der Waals surface area contributed by atoms with Crippen molar-refractivity contribution in [1.29, 1.82) is 0 Å². The molecule has 1 heterocycles. The molecule has 0 saturated carbocycles. The second kappa shape index (κ2) is 5.31. The monoisotopic (exact) mass is 303 g/mol. The lowest BCUT2D eigenvalue weighted by Gasteiger charge is -2.07. The number of rotatable bonds is 3. The first-order chi connectivity index (χ1) is 9.70. The Labute approximate surface area is 126 Å². The summed E-state index contributed by atoms with van der Waals surface area (Å²) in [5, 5.41) is 2.04. The number of carbonyl (C=O) groups is 1. The molecule has 0 aliphatic heterocycles. The lowest BCUT2D eigenvalue weighted by molar-refractivity contribution is 0.112. The zero-order valence-corrected chi connectivity index (χ0v) is 12.0. The van der Waals surface area contributed by atoms with Gasteiger partial charge in [0.2, 0.25) is 0 Å². The number of aromatic nitrogens is 1. The first-order valence-corrected chi connectivity index (χ1v) is 6.92. The number of benzene rings is 2. The van der Waals surface area contributed by atoms with E-state index in [-0.39, 0.29) is 0 Å². The van der Waals surface area contributed by atoms with Crippen LogP contribution in [0.1, 0.15) is 15.9 Å². The van der Waals surface area contributed by atoms with E-state index in [1.807, 2.05) is 53.1 Å². The summed E-state index contributed by atoms with van der Waals surface area (Å²) in [5.41, 5.74) is 2.57. The Morgan fingerprint density at radius 2 is 1.70 bits per heavy atom. The quantitative estimate of drug-likeness (QED) is 0.636. The van der Waals surface area contributed by atoms with E-state index in [1.54, 1.807) is 0 Å². The van der Waals surface area contributed by atoms with E-state index in [4.69, 9.17) is 23.2 Å². The summed E-state index contributed by atoms with van der Waals surface area (Å²) in [4.78, 5) is 11.2. The van der Waals surface area contributed by atoms with Gasteiger partial charge in [-0.15, -0.1) is 0 Å². The summed E-state index contributed by atoms with van der Waals surface area (Å²) in [6.45, 7) is 0.602. The van der Waals surface area contributed by atoms with Crippen LogP contribution in [0.5, 0.6) is 0 Å². The van der Waals surface area contributed by atoms with Crippen LogP contribution in [0.15, 0.2) is 48.5 Å². The van der Waals surface area contributed by atoms with Gasteiger partial charge in [0.1, 0.15) is 5.15 Å². The summed E-state index contributed by atoms with van der Waals surface area (Å²) in [5.74, 6) is 0. The Kier molecular flexibility index (Phi) is 3.51. The molecule has 0 saturated heterocycles. The highest BCUT2D eigenvalue weighted by atomic mass is 35.5. The molecule has 0 atom stereocenters. The van der Waals surface area contributed by atoms with Gasteiger partial charge in [0, 0.05) is 17.0 Å². The molecule has 0 N–H and O–H groups in total. The van der Waals surface area contributed by atoms with Crippen molar-refractivity contribution in [3.63, 3.8) is 0 Å². The van der Waals surface area contributed by atoms with Crippen molar-refractivity contribution in [2.45, 2.75) is 6.54 Å². The SMILES string of the molecule is O=Cc1c(Cl)n(Cc2ccc(Cl)cc2)c2ccccc12. The van der Waals surface area contributed by atoms with Crippen molar-refractivity contribution in [2.75, 3.05) is 0 Å². The van der Waals surface area contributed by atoms with Crippen molar-refractivity contribution >= 4 is 40.4 Å².